The lowest BCUT2D eigenvalue weighted by molar-refractivity contribution is -0.133. The van der Waals surface area contributed by atoms with E-state index in [1.165, 1.54) is 19.1 Å². The fraction of sp³-hybridized carbons (Fsp3) is 0.485. The molecule has 0 saturated heterocycles. The summed E-state index contributed by atoms with van der Waals surface area (Å²) in [6.45, 7) is 7.60. The van der Waals surface area contributed by atoms with Gasteiger partial charge in [-0.1, -0.05) is 69.7 Å². The summed E-state index contributed by atoms with van der Waals surface area (Å²) < 4.78 is 0. The van der Waals surface area contributed by atoms with Crippen molar-refractivity contribution in [1.29, 1.82) is 0 Å². The fourth-order valence-corrected chi connectivity index (χ4v) is 4.46. The number of hydrogen-bond acceptors (Lipinski definition) is 7. The molecule has 0 aliphatic heterocycles. The Balaban J connectivity index is 2.12. The zero-order valence-corrected chi connectivity index (χ0v) is 26.6. The Kier molecular flexibility index (Phi) is 15.6. The van der Waals surface area contributed by atoms with Gasteiger partial charge in [-0.3, -0.25) is 24.0 Å². The van der Waals surface area contributed by atoms with Crippen LogP contribution in [-0.2, 0) is 36.8 Å². The van der Waals surface area contributed by atoms with Gasteiger partial charge in [0.2, 0.25) is 29.5 Å². The second kappa shape index (κ2) is 19.0. The van der Waals surface area contributed by atoms with Crippen molar-refractivity contribution >= 4 is 29.5 Å². The van der Waals surface area contributed by atoms with Crippen LogP contribution in [0.4, 0.5) is 0 Å². The maximum atomic E-state index is 13.4. The number of carbonyl (C=O) groups excluding carboxylic acids is 5. The van der Waals surface area contributed by atoms with Crippen LogP contribution >= 0.6 is 0 Å². The molecule has 0 heterocycles. The Labute approximate surface area is 265 Å². The Morgan fingerprint density at radius 2 is 1.31 bits per heavy atom. The number of unbranched alkanes of at least 4 members (excludes halogenated alkanes) is 1. The smallest absolute Gasteiger partial charge is 0.243 e. The molecule has 0 saturated carbocycles. The van der Waals surface area contributed by atoms with Gasteiger partial charge in [0, 0.05) is 19.4 Å². The van der Waals surface area contributed by atoms with Gasteiger partial charge in [-0.25, -0.2) is 0 Å². The van der Waals surface area contributed by atoms with E-state index in [0.29, 0.717) is 18.5 Å². The van der Waals surface area contributed by atoms with Crippen molar-refractivity contribution in [2.24, 2.45) is 11.7 Å². The van der Waals surface area contributed by atoms with E-state index in [9.17, 15) is 29.1 Å². The Hall–Kier alpha value is -4.45. The van der Waals surface area contributed by atoms with Crippen LogP contribution in [0.25, 0.3) is 0 Å². The molecule has 2 rings (SSSR count). The minimum absolute atomic E-state index is 0.0549. The van der Waals surface area contributed by atoms with Crippen molar-refractivity contribution in [3.8, 4) is 5.75 Å². The second-order valence-corrected chi connectivity index (χ2v) is 11.6. The van der Waals surface area contributed by atoms with E-state index in [2.05, 4.69) is 26.6 Å². The lowest BCUT2D eigenvalue weighted by Crippen LogP contribution is -2.58. The summed E-state index contributed by atoms with van der Waals surface area (Å²) in [6.07, 6.45) is 2.40. The van der Waals surface area contributed by atoms with E-state index >= 15 is 0 Å². The molecule has 0 fully saturated rings. The lowest BCUT2D eigenvalue weighted by Gasteiger charge is -2.25. The molecule has 0 bridgehead atoms. The van der Waals surface area contributed by atoms with Crippen molar-refractivity contribution in [1.82, 2.24) is 26.6 Å². The van der Waals surface area contributed by atoms with Gasteiger partial charge in [-0.15, -0.1) is 0 Å². The number of nitrogens with one attached hydrogen (secondary N) is 5. The highest BCUT2D eigenvalue weighted by atomic mass is 16.3. The molecule has 45 heavy (non-hydrogen) atoms. The van der Waals surface area contributed by atoms with Gasteiger partial charge < -0.3 is 37.4 Å². The molecule has 2 aromatic rings. The first kappa shape index (κ1) is 36.7. The van der Waals surface area contributed by atoms with Crippen molar-refractivity contribution in [2.75, 3.05) is 13.1 Å². The molecular formula is C33H48N6O6. The van der Waals surface area contributed by atoms with Crippen LogP contribution in [0.5, 0.6) is 5.75 Å². The van der Waals surface area contributed by atoms with E-state index in [0.717, 1.165) is 18.4 Å². The van der Waals surface area contributed by atoms with Crippen LogP contribution in [0.3, 0.4) is 0 Å². The molecule has 4 atom stereocenters. The molecule has 5 amide bonds. The van der Waals surface area contributed by atoms with Crippen molar-refractivity contribution < 1.29 is 29.1 Å². The normalized spacial score (nSPS) is 13.6. The molecule has 8 N–H and O–H groups in total. The summed E-state index contributed by atoms with van der Waals surface area (Å²) in [5, 5.41) is 23.0. The minimum Gasteiger partial charge on any atom is -0.508 e. The maximum Gasteiger partial charge on any atom is 0.243 e. The number of aromatic hydroxyl groups is 1. The van der Waals surface area contributed by atoms with Gasteiger partial charge in [-0.2, -0.15) is 0 Å². The lowest BCUT2D eigenvalue weighted by atomic mass is 10.0. The first-order valence-electron chi connectivity index (χ1n) is 15.4. The fourth-order valence-electron chi connectivity index (χ4n) is 4.46. The van der Waals surface area contributed by atoms with Gasteiger partial charge in [0.25, 0.3) is 0 Å². The van der Waals surface area contributed by atoms with E-state index in [1.54, 1.807) is 12.1 Å². The van der Waals surface area contributed by atoms with Crippen LogP contribution in [-0.4, -0.2) is 71.9 Å². The van der Waals surface area contributed by atoms with Crippen LogP contribution in [0.15, 0.2) is 54.6 Å². The number of rotatable bonds is 18. The summed E-state index contributed by atoms with van der Waals surface area (Å²) >= 11 is 0. The van der Waals surface area contributed by atoms with E-state index in [4.69, 9.17) is 5.73 Å². The van der Waals surface area contributed by atoms with Crippen LogP contribution < -0.4 is 32.3 Å². The summed E-state index contributed by atoms with van der Waals surface area (Å²) in [7, 11) is 0. The summed E-state index contributed by atoms with van der Waals surface area (Å²) in [6, 6.07) is 11.3. The molecule has 246 valence electrons. The number of amides is 5. The molecule has 0 aliphatic rings. The van der Waals surface area contributed by atoms with Gasteiger partial charge in [-0.05, 0) is 48.9 Å². The summed E-state index contributed by atoms with van der Waals surface area (Å²) in [5.41, 5.74) is 7.50. The van der Waals surface area contributed by atoms with Gasteiger partial charge in [0.05, 0.1) is 12.6 Å². The van der Waals surface area contributed by atoms with E-state index < -0.39 is 47.8 Å². The molecule has 0 unspecified atom stereocenters. The summed E-state index contributed by atoms with van der Waals surface area (Å²) in [5.74, 6) is -2.42. The van der Waals surface area contributed by atoms with Crippen LogP contribution in [0.1, 0.15) is 58.1 Å². The molecule has 0 aromatic heterocycles. The number of benzene rings is 2. The van der Waals surface area contributed by atoms with E-state index in [1.807, 2.05) is 51.1 Å². The molecule has 12 nitrogen and oxygen atoms in total. The Morgan fingerprint density at radius 3 is 1.91 bits per heavy atom. The first-order valence-corrected chi connectivity index (χ1v) is 15.4. The third-order valence-corrected chi connectivity index (χ3v) is 7.01. The highest BCUT2D eigenvalue weighted by molar-refractivity contribution is 5.95. The number of nitrogens with two attached hydrogens (primary N) is 1. The zero-order valence-electron chi connectivity index (χ0n) is 26.6. The monoisotopic (exact) mass is 624 g/mol. The number of phenols is 1. The maximum absolute atomic E-state index is 13.4. The second-order valence-electron chi connectivity index (χ2n) is 11.6. The Bertz CT molecular complexity index is 1250. The quantitative estimate of drug-likeness (QED) is 0.121. The first-order chi connectivity index (χ1) is 21.4. The van der Waals surface area contributed by atoms with Gasteiger partial charge in [0.1, 0.15) is 23.9 Å². The predicted molar refractivity (Wildman–Crippen MR) is 172 cm³/mol. The average molecular weight is 625 g/mol. The van der Waals surface area contributed by atoms with Crippen molar-refractivity contribution in [2.45, 2.75) is 84.0 Å². The third kappa shape index (κ3) is 13.8. The highest BCUT2D eigenvalue weighted by Gasteiger charge is 2.29. The summed E-state index contributed by atoms with van der Waals surface area (Å²) in [4.78, 5) is 64.7. The van der Waals surface area contributed by atoms with Crippen molar-refractivity contribution in [3.63, 3.8) is 0 Å². The minimum atomic E-state index is -1.08. The SMILES string of the molecule is CCCCNC(=O)CNC(=O)[C@H](Cc1ccccc1)NC(=O)[C@H](C)NC(=O)[C@H](Cc1ccc(O)cc1)NC(=O)[C@@H](N)CC(C)C. The van der Waals surface area contributed by atoms with E-state index in [-0.39, 0.29) is 37.0 Å². The number of phenolic OH excluding ortho intramolecular Hbond substituents is 1. The topological polar surface area (TPSA) is 192 Å². The standard InChI is InChI=1S/C33H48N6O6/c1-5-6-16-35-29(41)20-36-32(44)27(18-23-10-8-7-9-11-23)38-30(42)22(4)37-33(45)28(19-24-12-14-25(40)15-13-24)39-31(43)26(34)17-21(2)3/h7-15,21-22,26-28,40H,5-6,16-20,34H2,1-4H3,(H,35,41)(H,36,44)(H,37,45)(H,38,42)(H,39,43)/t22-,26-,27-,28-/m0/s1. The molecule has 2 aromatic carbocycles. The highest BCUT2D eigenvalue weighted by Crippen LogP contribution is 2.12. The predicted octanol–water partition coefficient (Wildman–Crippen LogP) is 1.06. The van der Waals surface area contributed by atoms with Crippen molar-refractivity contribution in [3.05, 3.63) is 65.7 Å². The largest absolute Gasteiger partial charge is 0.508 e. The number of hydrogen-bond donors (Lipinski definition) is 7. The third-order valence-electron chi connectivity index (χ3n) is 7.01. The Morgan fingerprint density at radius 1 is 0.733 bits per heavy atom. The number of carbonyl (C=O) groups is 5. The van der Waals surface area contributed by atoms with Gasteiger partial charge in [0.15, 0.2) is 0 Å². The molecule has 0 aliphatic carbocycles. The zero-order chi connectivity index (χ0) is 33.4. The molecule has 0 spiro atoms. The molecular weight excluding hydrogens is 576 g/mol. The average Bonchev–Trinajstić information content (AvgIpc) is 3.00. The van der Waals surface area contributed by atoms with Gasteiger partial charge >= 0.3 is 0 Å². The van der Waals surface area contributed by atoms with Crippen LogP contribution in [0, 0.1) is 5.92 Å². The molecule has 0 radical (unpaired) electrons. The molecule has 12 heteroatoms. The van der Waals surface area contributed by atoms with Crippen LogP contribution in [0.2, 0.25) is 0 Å².